The van der Waals surface area contributed by atoms with Crippen LogP contribution in [0.25, 0.3) is 0 Å². The highest BCUT2D eigenvalue weighted by Gasteiger charge is 2.37. The van der Waals surface area contributed by atoms with Crippen LogP contribution in [0.2, 0.25) is 0 Å². The zero-order valence-corrected chi connectivity index (χ0v) is 10.2. The third kappa shape index (κ3) is 2.12. The molecular formula is C11H13NO4S. The maximum Gasteiger partial charge on any atom is 0.242 e. The molecule has 5 nitrogen and oxygen atoms in total. The lowest BCUT2D eigenvalue weighted by molar-refractivity contribution is -0.116. The topological polar surface area (TPSA) is 63.7 Å². The third-order valence-corrected chi connectivity index (χ3v) is 4.14. The fourth-order valence-electron chi connectivity index (χ4n) is 1.75. The second-order valence-corrected chi connectivity index (χ2v) is 5.56. The summed E-state index contributed by atoms with van der Waals surface area (Å²) in [4.78, 5) is 11.6. The van der Waals surface area contributed by atoms with Gasteiger partial charge in [0.1, 0.15) is 11.4 Å². The van der Waals surface area contributed by atoms with Gasteiger partial charge in [0, 0.05) is 6.42 Å². The third-order valence-electron chi connectivity index (χ3n) is 2.46. The van der Waals surface area contributed by atoms with Crippen molar-refractivity contribution in [2.24, 2.45) is 0 Å². The Morgan fingerprint density at radius 3 is 2.65 bits per heavy atom. The maximum absolute atomic E-state index is 11.8. The van der Waals surface area contributed by atoms with Crippen LogP contribution in [0.1, 0.15) is 13.3 Å². The Balaban J connectivity index is 2.49. The molecule has 1 heterocycles. The smallest absolute Gasteiger partial charge is 0.242 e. The maximum atomic E-state index is 11.8. The van der Waals surface area contributed by atoms with Gasteiger partial charge in [0.2, 0.25) is 15.9 Å². The minimum atomic E-state index is -3.53. The summed E-state index contributed by atoms with van der Waals surface area (Å²) in [6.45, 7) is 2.22. The molecule has 0 spiro atoms. The van der Waals surface area contributed by atoms with Gasteiger partial charge in [0.25, 0.3) is 0 Å². The first-order chi connectivity index (χ1) is 8.06. The molecule has 1 saturated heterocycles. The highest BCUT2D eigenvalue weighted by atomic mass is 32.2. The molecule has 1 amide bonds. The number of hydrogen-bond donors (Lipinski definition) is 0. The van der Waals surface area contributed by atoms with Gasteiger partial charge in [-0.3, -0.25) is 4.79 Å². The van der Waals surface area contributed by atoms with E-state index in [-0.39, 0.29) is 12.2 Å². The number of sulfonamides is 1. The molecule has 1 aromatic carbocycles. The number of nitrogens with zero attached hydrogens (tertiary/aromatic N) is 1. The summed E-state index contributed by atoms with van der Waals surface area (Å²) in [6.07, 6.45) is 0.0305. The Morgan fingerprint density at radius 1 is 1.35 bits per heavy atom. The average molecular weight is 255 g/mol. The molecule has 0 aliphatic carbocycles. The van der Waals surface area contributed by atoms with Gasteiger partial charge in [-0.1, -0.05) is 12.1 Å². The SMILES string of the molecule is CCOc1ccccc1N1C(=O)CCS1(=O)=O. The highest BCUT2D eigenvalue weighted by molar-refractivity contribution is 7.94. The summed E-state index contributed by atoms with van der Waals surface area (Å²) >= 11 is 0. The molecule has 1 aliphatic rings. The molecule has 0 unspecified atom stereocenters. The number of hydrogen-bond acceptors (Lipinski definition) is 4. The zero-order chi connectivity index (χ0) is 12.5. The van der Waals surface area contributed by atoms with Crippen LogP contribution in [-0.2, 0) is 14.8 Å². The van der Waals surface area contributed by atoms with Gasteiger partial charge in [-0.15, -0.1) is 0 Å². The minimum absolute atomic E-state index is 0.0305. The van der Waals surface area contributed by atoms with Crippen molar-refractivity contribution in [2.45, 2.75) is 13.3 Å². The minimum Gasteiger partial charge on any atom is -0.492 e. The monoisotopic (exact) mass is 255 g/mol. The number of benzene rings is 1. The molecule has 6 heteroatoms. The van der Waals surface area contributed by atoms with Crippen molar-refractivity contribution in [3.63, 3.8) is 0 Å². The van der Waals surface area contributed by atoms with Crippen LogP contribution in [0.4, 0.5) is 5.69 Å². The Bertz CT molecular complexity index is 538. The van der Waals surface area contributed by atoms with E-state index in [1.54, 1.807) is 31.2 Å². The molecule has 0 radical (unpaired) electrons. The van der Waals surface area contributed by atoms with Gasteiger partial charge in [-0.2, -0.15) is 0 Å². The predicted molar refractivity (Wildman–Crippen MR) is 63.5 cm³/mol. The van der Waals surface area contributed by atoms with Crippen molar-refractivity contribution in [3.05, 3.63) is 24.3 Å². The molecular weight excluding hydrogens is 242 g/mol. The molecule has 0 aromatic heterocycles. The van der Waals surface area contributed by atoms with Crippen LogP contribution in [0.5, 0.6) is 5.75 Å². The van der Waals surface area contributed by atoms with Crippen LogP contribution in [-0.4, -0.2) is 26.7 Å². The van der Waals surface area contributed by atoms with Crippen LogP contribution in [0.3, 0.4) is 0 Å². The van der Waals surface area contributed by atoms with Crippen molar-refractivity contribution >= 4 is 21.6 Å². The molecule has 0 saturated carbocycles. The first-order valence-electron chi connectivity index (χ1n) is 5.34. The van der Waals surface area contributed by atoms with Gasteiger partial charge in [0.05, 0.1) is 12.4 Å². The van der Waals surface area contributed by atoms with E-state index in [1.165, 1.54) is 0 Å². The largest absolute Gasteiger partial charge is 0.492 e. The van der Waals surface area contributed by atoms with E-state index in [2.05, 4.69) is 0 Å². The normalized spacial score (nSPS) is 18.4. The Hall–Kier alpha value is -1.56. The first kappa shape index (κ1) is 11.9. The summed E-state index contributed by atoms with van der Waals surface area (Å²) in [6, 6.07) is 6.65. The van der Waals surface area contributed by atoms with Gasteiger partial charge in [-0.25, -0.2) is 12.7 Å². The van der Waals surface area contributed by atoms with E-state index in [0.717, 1.165) is 4.31 Å². The van der Waals surface area contributed by atoms with Crippen LogP contribution < -0.4 is 9.04 Å². The van der Waals surface area contributed by atoms with Crippen molar-refractivity contribution in [1.29, 1.82) is 0 Å². The van der Waals surface area contributed by atoms with Crippen molar-refractivity contribution in [2.75, 3.05) is 16.7 Å². The van der Waals surface area contributed by atoms with Gasteiger partial charge in [0.15, 0.2) is 0 Å². The number of anilines is 1. The quantitative estimate of drug-likeness (QED) is 0.812. The highest BCUT2D eigenvalue weighted by Crippen LogP contribution is 2.33. The average Bonchev–Trinajstić information content (AvgIpc) is 2.55. The second-order valence-electron chi connectivity index (χ2n) is 3.62. The predicted octanol–water partition coefficient (Wildman–Crippen LogP) is 1.15. The molecule has 1 fully saturated rings. The summed E-state index contributed by atoms with van der Waals surface area (Å²) < 4.78 is 29.7. The first-order valence-corrected chi connectivity index (χ1v) is 6.95. The summed E-state index contributed by atoms with van der Waals surface area (Å²) in [7, 11) is -3.53. The Labute approximate surface area is 100 Å². The molecule has 1 aliphatic heterocycles. The van der Waals surface area contributed by atoms with Crippen molar-refractivity contribution in [3.8, 4) is 5.75 Å². The van der Waals surface area contributed by atoms with Gasteiger partial charge < -0.3 is 4.74 Å². The van der Waals surface area contributed by atoms with E-state index in [4.69, 9.17) is 4.74 Å². The van der Waals surface area contributed by atoms with E-state index < -0.39 is 15.9 Å². The van der Waals surface area contributed by atoms with Crippen molar-refractivity contribution in [1.82, 2.24) is 0 Å². The van der Waals surface area contributed by atoms with Gasteiger partial charge in [-0.05, 0) is 19.1 Å². The number of amides is 1. The van der Waals surface area contributed by atoms with Gasteiger partial charge >= 0.3 is 0 Å². The second kappa shape index (κ2) is 4.37. The summed E-state index contributed by atoms with van der Waals surface area (Å²) in [5, 5.41) is 0. The van der Waals surface area contributed by atoms with Crippen molar-refractivity contribution < 1.29 is 17.9 Å². The zero-order valence-electron chi connectivity index (χ0n) is 9.42. The van der Waals surface area contributed by atoms with E-state index in [1.807, 2.05) is 0 Å². The molecule has 17 heavy (non-hydrogen) atoms. The fraction of sp³-hybridized carbons (Fsp3) is 0.364. The molecule has 92 valence electrons. The molecule has 0 bridgehead atoms. The van der Waals surface area contributed by atoms with E-state index in [0.29, 0.717) is 18.0 Å². The molecule has 0 N–H and O–H groups in total. The lowest BCUT2D eigenvalue weighted by atomic mass is 10.3. The number of rotatable bonds is 3. The van der Waals surface area contributed by atoms with Crippen LogP contribution >= 0.6 is 0 Å². The molecule has 0 atom stereocenters. The number of carbonyl (C=O) groups excluding carboxylic acids is 1. The Morgan fingerprint density at radius 2 is 2.06 bits per heavy atom. The Kier molecular flexibility index (Phi) is 3.06. The molecule has 2 rings (SSSR count). The van der Waals surface area contributed by atoms with Crippen LogP contribution in [0.15, 0.2) is 24.3 Å². The lowest BCUT2D eigenvalue weighted by Crippen LogP contribution is -2.29. The van der Waals surface area contributed by atoms with E-state index in [9.17, 15) is 13.2 Å². The summed E-state index contributed by atoms with van der Waals surface area (Å²) in [5.41, 5.74) is 0.303. The van der Waals surface area contributed by atoms with E-state index >= 15 is 0 Å². The number of ether oxygens (including phenoxy) is 1. The number of para-hydroxylation sites is 2. The fourth-order valence-corrected chi connectivity index (χ4v) is 3.22. The summed E-state index contributed by atoms with van der Waals surface area (Å²) in [5.74, 6) is -0.127. The number of carbonyl (C=O) groups is 1. The standard InChI is InChI=1S/C11H13NO4S/c1-2-16-10-6-4-3-5-9(10)12-11(13)7-8-17(12,14)15/h3-6H,2,7-8H2,1H3. The lowest BCUT2D eigenvalue weighted by Gasteiger charge is -2.18. The van der Waals surface area contributed by atoms with Crippen LogP contribution in [0, 0.1) is 0 Å². The molecule has 1 aromatic rings.